The minimum absolute atomic E-state index is 0.616. The molecule has 2 fully saturated rings. The molecule has 1 aromatic rings. The minimum Gasteiger partial charge on any atom is -0.497 e. The molecule has 116 valence electrons. The average Bonchev–Trinajstić information content (AvgIpc) is 2.96. The van der Waals surface area contributed by atoms with Crippen LogP contribution in [0.5, 0.6) is 5.75 Å². The van der Waals surface area contributed by atoms with Gasteiger partial charge in [0, 0.05) is 12.6 Å². The molecule has 2 aliphatic carbocycles. The van der Waals surface area contributed by atoms with Crippen LogP contribution in [-0.2, 0) is 0 Å². The summed E-state index contributed by atoms with van der Waals surface area (Å²) >= 11 is 0. The summed E-state index contributed by atoms with van der Waals surface area (Å²) in [6, 6.07) is 9.36. The molecule has 1 N–H and O–H groups in total. The summed E-state index contributed by atoms with van der Waals surface area (Å²) in [7, 11) is 1.73. The fraction of sp³-hybridized carbons (Fsp3) is 0.684. The van der Waals surface area contributed by atoms with Gasteiger partial charge in [0.25, 0.3) is 0 Å². The van der Waals surface area contributed by atoms with Gasteiger partial charge in [0.05, 0.1) is 7.11 Å². The Kier molecular flexibility index (Phi) is 4.54. The lowest BCUT2D eigenvalue weighted by Gasteiger charge is -2.39. The van der Waals surface area contributed by atoms with Gasteiger partial charge >= 0.3 is 0 Å². The summed E-state index contributed by atoms with van der Waals surface area (Å²) in [5.74, 6) is 1.70. The molecule has 2 saturated carbocycles. The van der Waals surface area contributed by atoms with E-state index in [-0.39, 0.29) is 0 Å². The average molecular weight is 287 g/mol. The highest BCUT2D eigenvalue weighted by atomic mass is 16.5. The molecule has 2 aliphatic rings. The molecule has 0 spiro atoms. The topological polar surface area (TPSA) is 21.3 Å². The number of hydrogen-bond acceptors (Lipinski definition) is 2. The molecule has 1 aromatic carbocycles. The normalized spacial score (nSPS) is 27.3. The molecule has 2 heteroatoms. The van der Waals surface area contributed by atoms with Crippen molar-refractivity contribution in [3.8, 4) is 5.75 Å². The van der Waals surface area contributed by atoms with E-state index in [2.05, 4.69) is 36.5 Å². The van der Waals surface area contributed by atoms with Crippen molar-refractivity contribution in [1.29, 1.82) is 0 Å². The third-order valence-corrected chi connectivity index (χ3v) is 5.91. The van der Waals surface area contributed by atoms with Crippen molar-refractivity contribution in [3.05, 3.63) is 29.8 Å². The number of nitrogens with one attached hydrogen (secondary N) is 1. The first-order valence-corrected chi connectivity index (χ1v) is 8.62. The van der Waals surface area contributed by atoms with Gasteiger partial charge < -0.3 is 10.1 Å². The minimum atomic E-state index is 0.616. The molecule has 0 aliphatic heterocycles. The Labute approximate surface area is 129 Å². The zero-order chi connectivity index (χ0) is 14.7. The highest BCUT2D eigenvalue weighted by Crippen LogP contribution is 2.42. The van der Waals surface area contributed by atoms with Gasteiger partial charge in [-0.25, -0.2) is 0 Å². The molecule has 3 rings (SSSR count). The van der Waals surface area contributed by atoms with Crippen LogP contribution in [0.3, 0.4) is 0 Å². The molecule has 0 radical (unpaired) electrons. The molecule has 0 amide bonds. The van der Waals surface area contributed by atoms with Crippen LogP contribution >= 0.6 is 0 Å². The smallest absolute Gasteiger partial charge is 0.118 e. The lowest BCUT2D eigenvalue weighted by atomic mass is 9.75. The molecule has 21 heavy (non-hydrogen) atoms. The zero-order valence-corrected chi connectivity index (χ0v) is 13.5. The van der Waals surface area contributed by atoms with E-state index in [0.29, 0.717) is 5.41 Å². The van der Waals surface area contributed by atoms with Gasteiger partial charge in [-0.05, 0) is 61.1 Å². The summed E-state index contributed by atoms with van der Waals surface area (Å²) in [5.41, 5.74) is 2.09. The number of benzene rings is 1. The predicted molar refractivity (Wildman–Crippen MR) is 88.0 cm³/mol. The number of rotatable bonds is 6. The fourth-order valence-corrected chi connectivity index (χ4v) is 4.07. The highest BCUT2D eigenvalue weighted by Gasteiger charge is 2.35. The van der Waals surface area contributed by atoms with Gasteiger partial charge in [0.2, 0.25) is 0 Å². The monoisotopic (exact) mass is 287 g/mol. The van der Waals surface area contributed by atoms with Crippen molar-refractivity contribution in [2.45, 2.75) is 63.8 Å². The van der Waals surface area contributed by atoms with Crippen molar-refractivity contribution in [2.75, 3.05) is 13.7 Å². The number of ether oxygens (including phenoxy) is 1. The van der Waals surface area contributed by atoms with E-state index in [0.717, 1.165) is 17.7 Å². The third kappa shape index (κ3) is 3.26. The molecule has 0 heterocycles. The lowest BCUT2D eigenvalue weighted by Crippen LogP contribution is -2.44. The Morgan fingerprint density at radius 3 is 2.38 bits per heavy atom. The first kappa shape index (κ1) is 14.9. The maximum absolute atomic E-state index is 5.23. The Bertz CT molecular complexity index is 441. The maximum Gasteiger partial charge on any atom is 0.118 e. The van der Waals surface area contributed by atoms with Gasteiger partial charge in [-0.2, -0.15) is 0 Å². The SMILES string of the molecule is CCC1(CNC2CC(c3ccc(OC)cc3)C2)CCCC1. The second kappa shape index (κ2) is 6.39. The summed E-state index contributed by atoms with van der Waals surface area (Å²) in [4.78, 5) is 0. The van der Waals surface area contributed by atoms with Crippen LogP contribution in [0.2, 0.25) is 0 Å². The van der Waals surface area contributed by atoms with Gasteiger partial charge in [-0.1, -0.05) is 31.9 Å². The van der Waals surface area contributed by atoms with Crippen LogP contribution in [-0.4, -0.2) is 19.7 Å². The summed E-state index contributed by atoms with van der Waals surface area (Å²) in [6.45, 7) is 3.61. The van der Waals surface area contributed by atoms with Gasteiger partial charge in [-0.3, -0.25) is 0 Å². The Morgan fingerprint density at radius 1 is 1.14 bits per heavy atom. The van der Waals surface area contributed by atoms with E-state index in [1.807, 2.05) is 0 Å². The molecule has 0 atom stereocenters. The third-order valence-electron chi connectivity index (χ3n) is 5.91. The zero-order valence-electron chi connectivity index (χ0n) is 13.5. The van der Waals surface area contributed by atoms with Gasteiger partial charge in [0.1, 0.15) is 5.75 Å². The predicted octanol–water partition coefficient (Wildman–Crippen LogP) is 4.50. The van der Waals surface area contributed by atoms with Crippen LogP contribution in [0.1, 0.15) is 63.4 Å². The van der Waals surface area contributed by atoms with Crippen molar-refractivity contribution in [2.24, 2.45) is 5.41 Å². The van der Waals surface area contributed by atoms with Gasteiger partial charge in [0.15, 0.2) is 0 Å². The van der Waals surface area contributed by atoms with Crippen molar-refractivity contribution >= 4 is 0 Å². The second-order valence-corrected chi connectivity index (χ2v) is 7.08. The first-order chi connectivity index (χ1) is 10.2. The van der Waals surface area contributed by atoms with Crippen LogP contribution in [0, 0.1) is 5.41 Å². The molecular formula is C19H29NO. The summed E-state index contributed by atoms with van der Waals surface area (Å²) < 4.78 is 5.23. The van der Waals surface area contributed by atoms with Crippen LogP contribution < -0.4 is 10.1 Å². The maximum atomic E-state index is 5.23. The first-order valence-electron chi connectivity index (χ1n) is 8.62. The van der Waals surface area contributed by atoms with E-state index in [1.165, 1.54) is 57.1 Å². The molecule has 0 unspecified atom stereocenters. The largest absolute Gasteiger partial charge is 0.497 e. The van der Waals surface area contributed by atoms with Crippen LogP contribution in [0.25, 0.3) is 0 Å². The highest BCUT2D eigenvalue weighted by molar-refractivity contribution is 5.30. The van der Waals surface area contributed by atoms with E-state index in [9.17, 15) is 0 Å². The molecule has 0 bridgehead atoms. The van der Waals surface area contributed by atoms with E-state index in [4.69, 9.17) is 4.74 Å². The lowest BCUT2D eigenvalue weighted by molar-refractivity contribution is 0.213. The molecule has 0 aromatic heterocycles. The summed E-state index contributed by atoms with van der Waals surface area (Å²) in [6.07, 6.45) is 9.69. The number of hydrogen-bond donors (Lipinski definition) is 1. The molecule has 0 saturated heterocycles. The van der Waals surface area contributed by atoms with E-state index in [1.54, 1.807) is 7.11 Å². The quantitative estimate of drug-likeness (QED) is 0.831. The standard InChI is InChI=1S/C19H29NO/c1-3-19(10-4-5-11-19)14-20-17-12-16(13-17)15-6-8-18(21-2)9-7-15/h6-9,16-17,20H,3-5,10-14H2,1-2H3. The van der Waals surface area contributed by atoms with Crippen LogP contribution in [0.4, 0.5) is 0 Å². The van der Waals surface area contributed by atoms with Crippen molar-refractivity contribution in [3.63, 3.8) is 0 Å². The van der Waals surface area contributed by atoms with E-state index < -0.39 is 0 Å². The number of methoxy groups -OCH3 is 1. The van der Waals surface area contributed by atoms with E-state index >= 15 is 0 Å². The second-order valence-electron chi connectivity index (χ2n) is 7.08. The van der Waals surface area contributed by atoms with Crippen molar-refractivity contribution in [1.82, 2.24) is 5.32 Å². The Hall–Kier alpha value is -1.02. The van der Waals surface area contributed by atoms with Gasteiger partial charge in [-0.15, -0.1) is 0 Å². The van der Waals surface area contributed by atoms with Crippen molar-refractivity contribution < 1.29 is 4.74 Å². The summed E-state index contributed by atoms with van der Waals surface area (Å²) in [5, 5.41) is 3.85. The molecular weight excluding hydrogens is 258 g/mol. The Balaban J connectivity index is 1.45. The van der Waals surface area contributed by atoms with Crippen LogP contribution in [0.15, 0.2) is 24.3 Å². The fourth-order valence-electron chi connectivity index (χ4n) is 4.07. The molecule has 2 nitrogen and oxygen atoms in total. The Morgan fingerprint density at radius 2 is 1.81 bits per heavy atom.